The molecule has 0 bridgehead atoms. The molecular weight excluding hydrogens is 546 g/mol. The summed E-state index contributed by atoms with van der Waals surface area (Å²) in [5, 5.41) is 9.76. The molecule has 2 aromatic heterocycles. The van der Waals surface area contributed by atoms with Crippen LogP contribution in [-0.2, 0) is 0 Å². The van der Waals surface area contributed by atoms with Crippen molar-refractivity contribution in [3.05, 3.63) is 73.0 Å². The Kier molecular flexibility index (Phi) is 6.57. The van der Waals surface area contributed by atoms with Crippen LogP contribution in [0.5, 0.6) is 11.5 Å². The van der Waals surface area contributed by atoms with E-state index in [1.54, 1.807) is 37.4 Å². The van der Waals surface area contributed by atoms with Gasteiger partial charge in [0, 0.05) is 4.47 Å². The second kappa shape index (κ2) is 9.67. The minimum absolute atomic E-state index is 0.00361. The number of nitrogens with zero attached hydrogens (tertiary/aromatic N) is 3. The number of hydrogen-bond donors (Lipinski definition) is 0. The molecule has 0 aliphatic carbocycles. The number of rotatable bonds is 7. The fourth-order valence-corrected chi connectivity index (χ4v) is 5.29. The number of anilines is 1. The third-order valence-corrected chi connectivity index (χ3v) is 7.34. The van der Waals surface area contributed by atoms with Gasteiger partial charge < -0.3 is 13.9 Å². The number of ether oxygens (including phenoxy) is 2. The van der Waals surface area contributed by atoms with Crippen molar-refractivity contribution in [2.24, 2.45) is 5.92 Å². The van der Waals surface area contributed by atoms with Crippen molar-refractivity contribution in [2.45, 2.75) is 33.2 Å². The van der Waals surface area contributed by atoms with Crippen LogP contribution in [-0.4, -0.2) is 29.8 Å². The first-order valence-electron chi connectivity index (χ1n) is 11.5. The summed E-state index contributed by atoms with van der Waals surface area (Å²) in [5.41, 5.74) is 1.00. The monoisotopic (exact) mass is 569 g/mol. The Hall–Kier alpha value is -3.24. The zero-order valence-corrected chi connectivity index (χ0v) is 22.6. The number of amides is 1. The smallest absolute Gasteiger partial charge is 0.297 e. The lowest BCUT2D eigenvalue weighted by atomic mass is 9.98. The van der Waals surface area contributed by atoms with Crippen LogP contribution in [0.3, 0.4) is 0 Å². The largest absolute Gasteiger partial charge is 0.493 e. The van der Waals surface area contributed by atoms with Crippen molar-refractivity contribution in [3.63, 3.8) is 0 Å². The van der Waals surface area contributed by atoms with E-state index in [1.165, 1.54) is 16.2 Å². The second-order valence-electron chi connectivity index (χ2n) is 8.94. The van der Waals surface area contributed by atoms with E-state index >= 15 is 0 Å². The van der Waals surface area contributed by atoms with Crippen molar-refractivity contribution in [3.8, 4) is 11.5 Å². The predicted octanol–water partition coefficient (Wildman–Crippen LogP) is 5.90. The van der Waals surface area contributed by atoms with Gasteiger partial charge in [0.1, 0.15) is 10.6 Å². The van der Waals surface area contributed by atoms with E-state index in [9.17, 15) is 9.59 Å². The molecule has 186 valence electrons. The van der Waals surface area contributed by atoms with E-state index in [0.29, 0.717) is 50.7 Å². The van der Waals surface area contributed by atoms with Gasteiger partial charge in [0.05, 0.1) is 30.7 Å². The van der Waals surface area contributed by atoms with Gasteiger partial charge >= 0.3 is 0 Å². The third-order valence-electron chi connectivity index (χ3n) is 6.01. The molecule has 2 aromatic carbocycles. The molecule has 1 unspecified atom stereocenters. The molecule has 1 aliphatic rings. The molecule has 8 nitrogen and oxygen atoms in total. The van der Waals surface area contributed by atoms with Gasteiger partial charge in [-0.05, 0) is 55.2 Å². The van der Waals surface area contributed by atoms with Crippen LogP contribution in [0.25, 0.3) is 11.0 Å². The number of fused-ring (bicyclic) bond motifs is 2. The fraction of sp³-hybridized carbons (Fsp3) is 0.308. The first-order valence-corrected chi connectivity index (χ1v) is 13.1. The number of halogens is 1. The maximum absolute atomic E-state index is 13.8. The fourth-order valence-electron chi connectivity index (χ4n) is 4.22. The Bertz CT molecular complexity index is 1530. The van der Waals surface area contributed by atoms with Gasteiger partial charge in [0.25, 0.3) is 5.91 Å². The van der Waals surface area contributed by atoms with Gasteiger partial charge in [-0.25, -0.2) is 0 Å². The SMILES string of the molecule is COc1cc(C2c3c(oc4ccc(Br)cc4c3=O)C(=O)N2c2nnc(C)s2)ccc1OCCC(C)C. The van der Waals surface area contributed by atoms with Crippen molar-refractivity contribution < 1.29 is 18.7 Å². The molecule has 0 fully saturated rings. The maximum atomic E-state index is 13.8. The van der Waals surface area contributed by atoms with Gasteiger partial charge in [0.15, 0.2) is 16.9 Å². The second-order valence-corrected chi connectivity index (χ2v) is 11.0. The van der Waals surface area contributed by atoms with Gasteiger partial charge in [-0.2, -0.15) is 0 Å². The highest BCUT2D eigenvalue weighted by atomic mass is 79.9. The van der Waals surface area contributed by atoms with Crippen LogP contribution in [0.15, 0.2) is 50.1 Å². The zero-order chi connectivity index (χ0) is 25.6. The molecule has 3 heterocycles. The predicted molar refractivity (Wildman–Crippen MR) is 141 cm³/mol. The Morgan fingerprint density at radius 3 is 2.64 bits per heavy atom. The summed E-state index contributed by atoms with van der Waals surface area (Å²) in [6, 6.07) is 9.82. The first kappa shape index (κ1) is 24.5. The van der Waals surface area contributed by atoms with Crippen LogP contribution < -0.4 is 19.8 Å². The summed E-state index contributed by atoms with van der Waals surface area (Å²) >= 11 is 4.69. The van der Waals surface area contributed by atoms with E-state index in [0.717, 1.165) is 10.9 Å². The van der Waals surface area contributed by atoms with Crippen molar-refractivity contribution in [2.75, 3.05) is 18.6 Å². The highest BCUT2D eigenvalue weighted by molar-refractivity contribution is 9.10. The van der Waals surface area contributed by atoms with Crippen LogP contribution >= 0.6 is 27.3 Å². The lowest BCUT2D eigenvalue weighted by Crippen LogP contribution is -2.29. The molecule has 0 saturated heterocycles. The van der Waals surface area contributed by atoms with Gasteiger partial charge in [-0.3, -0.25) is 14.5 Å². The van der Waals surface area contributed by atoms with Crippen LogP contribution in [0.4, 0.5) is 5.13 Å². The first-order chi connectivity index (χ1) is 17.3. The summed E-state index contributed by atoms with van der Waals surface area (Å²) in [5.74, 6) is 1.18. The van der Waals surface area contributed by atoms with Crippen molar-refractivity contribution in [1.29, 1.82) is 0 Å². The number of carbonyl (C=O) groups is 1. The van der Waals surface area contributed by atoms with E-state index < -0.39 is 11.9 Å². The average molecular weight is 570 g/mol. The molecule has 36 heavy (non-hydrogen) atoms. The molecule has 0 N–H and O–H groups in total. The van der Waals surface area contributed by atoms with E-state index in [4.69, 9.17) is 13.9 Å². The van der Waals surface area contributed by atoms with Gasteiger partial charge in [-0.1, -0.05) is 47.2 Å². The molecule has 1 atom stereocenters. The zero-order valence-electron chi connectivity index (χ0n) is 20.2. The molecule has 0 radical (unpaired) electrons. The van der Waals surface area contributed by atoms with Crippen molar-refractivity contribution >= 4 is 49.3 Å². The lowest BCUT2D eigenvalue weighted by Gasteiger charge is -2.23. The summed E-state index contributed by atoms with van der Waals surface area (Å²) in [6.45, 7) is 6.63. The molecule has 10 heteroatoms. The highest BCUT2D eigenvalue weighted by Gasteiger charge is 2.45. The van der Waals surface area contributed by atoms with Crippen LogP contribution in [0, 0.1) is 12.8 Å². The molecule has 1 amide bonds. The topological polar surface area (TPSA) is 94.8 Å². The molecule has 4 aromatic rings. The van der Waals surface area contributed by atoms with Crippen LogP contribution in [0.2, 0.25) is 0 Å². The number of carbonyl (C=O) groups excluding carboxylic acids is 1. The molecule has 1 aliphatic heterocycles. The van der Waals surface area contributed by atoms with Crippen LogP contribution in [0.1, 0.15) is 53.0 Å². The number of methoxy groups -OCH3 is 1. The Morgan fingerprint density at radius 2 is 1.94 bits per heavy atom. The molecule has 5 rings (SSSR count). The number of aryl methyl sites for hydroxylation is 1. The Labute approximate surface area is 220 Å². The Morgan fingerprint density at radius 1 is 1.14 bits per heavy atom. The number of hydrogen-bond acceptors (Lipinski definition) is 8. The van der Waals surface area contributed by atoms with Gasteiger partial charge in [-0.15, -0.1) is 10.2 Å². The molecule has 0 saturated carbocycles. The summed E-state index contributed by atoms with van der Waals surface area (Å²) in [6.07, 6.45) is 0.906. The normalized spacial score (nSPS) is 15.1. The average Bonchev–Trinajstić information content (AvgIpc) is 3.40. The minimum Gasteiger partial charge on any atom is -0.493 e. The van der Waals surface area contributed by atoms with Crippen molar-refractivity contribution in [1.82, 2.24) is 10.2 Å². The summed E-state index contributed by atoms with van der Waals surface area (Å²) in [7, 11) is 1.56. The maximum Gasteiger partial charge on any atom is 0.297 e. The number of benzene rings is 2. The number of aromatic nitrogens is 2. The molecule has 0 spiro atoms. The highest BCUT2D eigenvalue weighted by Crippen LogP contribution is 2.44. The third kappa shape index (κ3) is 4.28. The van der Waals surface area contributed by atoms with E-state index in [-0.39, 0.29) is 16.8 Å². The Balaban J connectivity index is 1.68. The summed E-state index contributed by atoms with van der Waals surface area (Å²) in [4.78, 5) is 28.9. The van der Waals surface area contributed by atoms with E-state index in [1.807, 2.05) is 13.0 Å². The standard InChI is InChI=1S/C26H24BrN3O5S/c1-13(2)9-10-34-19-7-5-15(11-20(19)33-4)22-21-23(31)17-12-16(27)6-8-18(17)35-24(21)25(32)30(22)26-29-28-14(3)36-26/h5-8,11-13,22H,9-10H2,1-4H3. The summed E-state index contributed by atoms with van der Waals surface area (Å²) < 4.78 is 18.3. The molecular formula is C26H24BrN3O5S. The van der Waals surface area contributed by atoms with Gasteiger partial charge in [0.2, 0.25) is 10.9 Å². The minimum atomic E-state index is -0.766. The quantitative estimate of drug-likeness (QED) is 0.273. The lowest BCUT2D eigenvalue weighted by molar-refractivity contribution is 0.0970. The van der Waals surface area contributed by atoms with E-state index in [2.05, 4.69) is 40.0 Å².